The summed E-state index contributed by atoms with van der Waals surface area (Å²) in [4.78, 5) is 0. The summed E-state index contributed by atoms with van der Waals surface area (Å²) in [5.74, 6) is 6.49. The van der Waals surface area contributed by atoms with Gasteiger partial charge in [-0.15, -0.1) is 0 Å². The number of rotatable bonds is 1. The Bertz CT molecular complexity index is 473. The van der Waals surface area contributed by atoms with Gasteiger partial charge < -0.3 is 10.4 Å². The van der Waals surface area contributed by atoms with Crippen molar-refractivity contribution in [2.75, 3.05) is 6.61 Å². The van der Waals surface area contributed by atoms with Gasteiger partial charge in [0, 0.05) is 17.6 Å². The molecule has 2 heterocycles. The van der Waals surface area contributed by atoms with Crippen LogP contribution >= 0.6 is 0 Å². The highest BCUT2D eigenvalue weighted by molar-refractivity contribution is 5.43. The van der Waals surface area contributed by atoms with Gasteiger partial charge in [0.2, 0.25) is 0 Å². The Hall–Kier alpha value is -1.30. The Morgan fingerprint density at radius 1 is 1.17 bits per heavy atom. The van der Waals surface area contributed by atoms with E-state index in [1.807, 2.05) is 6.07 Å². The van der Waals surface area contributed by atoms with E-state index in [0.717, 1.165) is 5.56 Å². The van der Waals surface area contributed by atoms with Gasteiger partial charge in [0.05, 0.1) is 0 Å². The lowest BCUT2D eigenvalue weighted by molar-refractivity contribution is 0.350. The van der Waals surface area contributed by atoms with Crippen LogP contribution in [0.2, 0.25) is 0 Å². The minimum absolute atomic E-state index is 0.0637. The number of hydrogen-bond donors (Lipinski definition) is 2. The van der Waals surface area contributed by atoms with E-state index in [2.05, 4.69) is 35.4 Å². The van der Waals surface area contributed by atoms with Crippen LogP contribution in [0.25, 0.3) is 0 Å². The monoisotopic (exact) mass is 241 g/mol. The summed E-state index contributed by atoms with van der Waals surface area (Å²) in [6, 6.07) is 9.81. The van der Waals surface area contributed by atoms with Crippen LogP contribution in [0, 0.1) is 11.8 Å². The van der Waals surface area contributed by atoms with Crippen molar-refractivity contribution in [3.05, 3.63) is 35.4 Å². The van der Waals surface area contributed by atoms with Gasteiger partial charge in [0.1, 0.15) is 6.61 Å². The number of hydrogen-bond acceptors (Lipinski definition) is 2. The molecule has 0 radical (unpaired) electrons. The van der Waals surface area contributed by atoms with E-state index >= 15 is 0 Å². The standard InChI is InChI=1S/C16H19NO/c18-9-3-5-12-4-1-2-6-16(12)13-10-14-7-8-15(11-13)17-14/h1-2,4,6,13-15,17-18H,7-11H2. The van der Waals surface area contributed by atoms with Crippen LogP contribution in [0.1, 0.15) is 42.7 Å². The third-order valence-electron chi connectivity index (χ3n) is 4.18. The molecule has 0 amide bonds. The quantitative estimate of drug-likeness (QED) is 0.737. The second-order valence-electron chi connectivity index (χ2n) is 5.35. The Morgan fingerprint density at radius 3 is 2.61 bits per heavy atom. The van der Waals surface area contributed by atoms with Crippen LogP contribution in [0.5, 0.6) is 0 Å². The summed E-state index contributed by atoms with van der Waals surface area (Å²) < 4.78 is 0. The van der Waals surface area contributed by atoms with E-state index in [1.54, 1.807) is 0 Å². The number of aliphatic hydroxyl groups excluding tert-OH is 1. The highest BCUT2D eigenvalue weighted by Gasteiger charge is 2.34. The number of aliphatic hydroxyl groups is 1. The minimum Gasteiger partial charge on any atom is -0.384 e. The summed E-state index contributed by atoms with van der Waals surface area (Å²) in [7, 11) is 0. The topological polar surface area (TPSA) is 32.3 Å². The fourth-order valence-corrected chi connectivity index (χ4v) is 3.41. The van der Waals surface area contributed by atoms with E-state index < -0.39 is 0 Å². The molecular formula is C16H19NO. The minimum atomic E-state index is -0.0637. The van der Waals surface area contributed by atoms with Gasteiger partial charge in [-0.2, -0.15) is 0 Å². The average molecular weight is 241 g/mol. The smallest absolute Gasteiger partial charge is 0.104 e. The van der Waals surface area contributed by atoms with Crippen molar-refractivity contribution in [2.24, 2.45) is 0 Å². The number of fused-ring (bicyclic) bond motifs is 2. The van der Waals surface area contributed by atoms with Crippen molar-refractivity contribution in [2.45, 2.75) is 43.7 Å². The summed E-state index contributed by atoms with van der Waals surface area (Å²) in [6.45, 7) is -0.0637. The summed E-state index contributed by atoms with van der Waals surface area (Å²) in [6.07, 6.45) is 5.11. The summed E-state index contributed by atoms with van der Waals surface area (Å²) in [5.41, 5.74) is 2.47. The Kier molecular flexibility index (Phi) is 3.36. The van der Waals surface area contributed by atoms with E-state index in [4.69, 9.17) is 5.11 Å². The summed E-state index contributed by atoms with van der Waals surface area (Å²) in [5, 5.41) is 12.5. The molecule has 2 fully saturated rings. The Labute approximate surface area is 108 Å². The van der Waals surface area contributed by atoms with E-state index in [-0.39, 0.29) is 6.61 Å². The first-order chi connectivity index (χ1) is 8.86. The van der Waals surface area contributed by atoms with Crippen molar-refractivity contribution in [3.8, 4) is 11.8 Å². The van der Waals surface area contributed by atoms with Crippen molar-refractivity contribution in [1.82, 2.24) is 5.32 Å². The second-order valence-corrected chi connectivity index (χ2v) is 5.35. The van der Waals surface area contributed by atoms with Crippen LogP contribution < -0.4 is 5.32 Å². The van der Waals surface area contributed by atoms with Gasteiger partial charge in [0.15, 0.2) is 0 Å². The molecule has 2 aliphatic rings. The van der Waals surface area contributed by atoms with Crippen LogP contribution in [0.3, 0.4) is 0 Å². The summed E-state index contributed by atoms with van der Waals surface area (Å²) >= 11 is 0. The Balaban J connectivity index is 1.87. The fourth-order valence-electron chi connectivity index (χ4n) is 3.41. The first kappa shape index (κ1) is 11.8. The van der Waals surface area contributed by atoms with Gasteiger partial charge >= 0.3 is 0 Å². The van der Waals surface area contributed by atoms with Gasteiger partial charge in [0.25, 0.3) is 0 Å². The molecule has 0 aromatic heterocycles. The lowest BCUT2D eigenvalue weighted by Crippen LogP contribution is -2.37. The van der Waals surface area contributed by atoms with Crippen molar-refractivity contribution in [1.29, 1.82) is 0 Å². The molecule has 18 heavy (non-hydrogen) atoms. The van der Waals surface area contributed by atoms with Gasteiger partial charge in [-0.25, -0.2) is 0 Å². The lowest BCUT2D eigenvalue weighted by Gasteiger charge is -2.30. The van der Waals surface area contributed by atoms with Gasteiger partial charge in [-0.3, -0.25) is 0 Å². The number of benzene rings is 1. The normalized spacial score (nSPS) is 29.7. The molecule has 2 aliphatic heterocycles. The maximum atomic E-state index is 8.84. The molecule has 1 aromatic rings. The first-order valence-corrected chi connectivity index (χ1v) is 6.81. The third kappa shape index (κ3) is 2.29. The van der Waals surface area contributed by atoms with Crippen molar-refractivity contribution < 1.29 is 5.11 Å². The third-order valence-corrected chi connectivity index (χ3v) is 4.18. The van der Waals surface area contributed by atoms with E-state index in [0.29, 0.717) is 18.0 Å². The van der Waals surface area contributed by atoms with Crippen LogP contribution in [-0.2, 0) is 0 Å². The average Bonchev–Trinajstić information content (AvgIpc) is 2.75. The maximum absolute atomic E-state index is 8.84. The molecule has 1 aromatic carbocycles. The van der Waals surface area contributed by atoms with E-state index in [9.17, 15) is 0 Å². The van der Waals surface area contributed by atoms with Crippen LogP contribution in [0.4, 0.5) is 0 Å². The lowest BCUT2D eigenvalue weighted by atomic mass is 9.84. The van der Waals surface area contributed by atoms with Gasteiger partial charge in [-0.1, -0.05) is 30.0 Å². The number of piperidine rings is 1. The molecule has 2 heteroatoms. The van der Waals surface area contributed by atoms with Crippen molar-refractivity contribution >= 4 is 0 Å². The molecule has 2 atom stereocenters. The van der Waals surface area contributed by atoms with Crippen LogP contribution in [0.15, 0.2) is 24.3 Å². The molecule has 94 valence electrons. The van der Waals surface area contributed by atoms with Crippen molar-refractivity contribution in [3.63, 3.8) is 0 Å². The molecule has 0 spiro atoms. The maximum Gasteiger partial charge on any atom is 0.104 e. The predicted molar refractivity (Wildman–Crippen MR) is 72.3 cm³/mol. The SMILES string of the molecule is OCC#Cc1ccccc1C1CC2CCC(C1)N2. The molecule has 0 saturated carbocycles. The zero-order valence-electron chi connectivity index (χ0n) is 10.5. The zero-order valence-corrected chi connectivity index (χ0v) is 10.5. The Morgan fingerprint density at radius 2 is 1.89 bits per heavy atom. The highest BCUT2D eigenvalue weighted by atomic mass is 16.2. The zero-order chi connectivity index (χ0) is 12.4. The molecule has 2 N–H and O–H groups in total. The largest absolute Gasteiger partial charge is 0.384 e. The van der Waals surface area contributed by atoms with E-state index in [1.165, 1.54) is 31.2 Å². The molecule has 2 nitrogen and oxygen atoms in total. The molecular weight excluding hydrogens is 222 g/mol. The van der Waals surface area contributed by atoms with Crippen LogP contribution in [-0.4, -0.2) is 23.8 Å². The first-order valence-electron chi connectivity index (χ1n) is 6.81. The molecule has 0 aliphatic carbocycles. The number of nitrogens with one attached hydrogen (secondary N) is 1. The molecule has 2 saturated heterocycles. The molecule has 3 rings (SSSR count). The fraction of sp³-hybridized carbons (Fsp3) is 0.500. The van der Waals surface area contributed by atoms with Gasteiger partial charge in [-0.05, 0) is 43.2 Å². The highest BCUT2D eigenvalue weighted by Crippen LogP contribution is 2.38. The molecule has 2 bridgehead atoms. The molecule has 2 unspecified atom stereocenters. The predicted octanol–water partition coefficient (Wildman–Crippen LogP) is 2.03. The second kappa shape index (κ2) is 5.14.